The van der Waals surface area contributed by atoms with Crippen LogP contribution in [0.2, 0.25) is 0 Å². The summed E-state index contributed by atoms with van der Waals surface area (Å²) < 4.78 is 0. The Kier molecular flexibility index (Phi) is 4.62. The van der Waals surface area contributed by atoms with E-state index in [1.165, 1.54) is 65.3 Å². The maximum atomic E-state index is 2.64. The number of hydrogen-bond acceptors (Lipinski definition) is 3. The first kappa shape index (κ1) is 12.3. The average Bonchev–Trinajstić information content (AvgIpc) is 2.33. The maximum Gasteiger partial charge on any atom is 0.0507 e. The summed E-state index contributed by atoms with van der Waals surface area (Å²) in [7, 11) is 0. The minimum Gasteiger partial charge on any atom is -0.301 e. The normalized spacial score (nSPS) is 27.4. The van der Waals surface area contributed by atoms with Gasteiger partial charge in [-0.15, -0.1) is 0 Å². The van der Waals surface area contributed by atoms with Crippen LogP contribution in [0.15, 0.2) is 0 Å². The third-order valence-electron chi connectivity index (χ3n) is 4.19. The number of nitrogens with zero attached hydrogens (tertiary/aromatic N) is 3. The van der Waals surface area contributed by atoms with Gasteiger partial charge in [0.05, 0.1) is 6.67 Å². The largest absolute Gasteiger partial charge is 0.301 e. The summed E-state index contributed by atoms with van der Waals surface area (Å²) in [5.41, 5.74) is 0. The molecule has 0 atom stereocenters. The van der Waals surface area contributed by atoms with Gasteiger partial charge in [-0.3, -0.25) is 9.80 Å². The first-order valence-corrected chi connectivity index (χ1v) is 6.95. The van der Waals surface area contributed by atoms with Crippen molar-refractivity contribution >= 4 is 0 Å². The van der Waals surface area contributed by atoms with Crippen LogP contribution in [0.5, 0.6) is 0 Å². The first-order chi connectivity index (χ1) is 7.78. The standard InChI is InChI=1S/C13H27N3/c1-3-14-8-10-16(11-9-14)12-15-6-4-13(2)5-7-15/h13H,3-12H2,1-2H3. The Morgan fingerprint density at radius 3 is 1.88 bits per heavy atom. The lowest BCUT2D eigenvalue weighted by atomic mass is 10.00. The Bertz CT molecular complexity index is 191. The second kappa shape index (κ2) is 5.99. The molecule has 0 radical (unpaired) electrons. The fourth-order valence-corrected chi connectivity index (χ4v) is 2.73. The van der Waals surface area contributed by atoms with E-state index < -0.39 is 0 Å². The van der Waals surface area contributed by atoms with Crippen LogP contribution in [-0.4, -0.2) is 67.2 Å². The van der Waals surface area contributed by atoms with Gasteiger partial charge >= 0.3 is 0 Å². The molecule has 0 spiro atoms. The third-order valence-corrected chi connectivity index (χ3v) is 4.19. The van der Waals surface area contributed by atoms with E-state index in [9.17, 15) is 0 Å². The molecule has 2 rings (SSSR count). The number of hydrogen-bond donors (Lipinski definition) is 0. The van der Waals surface area contributed by atoms with Crippen molar-refractivity contribution in [2.75, 3.05) is 52.5 Å². The minimum absolute atomic E-state index is 0.952. The number of rotatable bonds is 3. The SMILES string of the molecule is CCN1CCN(CN2CCC(C)CC2)CC1. The molecule has 2 saturated heterocycles. The second-order valence-electron chi connectivity index (χ2n) is 5.49. The van der Waals surface area contributed by atoms with Crippen LogP contribution in [0, 0.1) is 5.92 Å². The van der Waals surface area contributed by atoms with Gasteiger partial charge < -0.3 is 4.90 Å². The van der Waals surface area contributed by atoms with Gasteiger partial charge in [0.25, 0.3) is 0 Å². The molecule has 3 nitrogen and oxygen atoms in total. The predicted octanol–water partition coefficient (Wildman–Crippen LogP) is 1.31. The Morgan fingerprint density at radius 2 is 1.31 bits per heavy atom. The zero-order valence-electron chi connectivity index (χ0n) is 11.0. The van der Waals surface area contributed by atoms with Gasteiger partial charge in [-0.05, 0) is 38.4 Å². The summed E-state index contributed by atoms with van der Waals surface area (Å²) in [5, 5.41) is 0. The van der Waals surface area contributed by atoms with Gasteiger partial charge in [-0.25, -0.2) is 0 Å². The lowest BCUT2D eigenvalue weighted by Gasteiger charge is -2.39. The summed E-state index contributed by atoms with van der Waals surface area (Å²) in [6, 6.07) is 0. The molecule has 2 aliphatic heterocycles. The average molecular weight is 225 g/mol. The Labute approximate surface area is 100 Å². The van der Waals surface area contributed by atoms with Crippen LogP contribution in [0.4, 0.5) is 0 Å². The molecule has 0 aromatic rings. The Hall–Kier alpha value is -0.120. The van der Waals surface area contributed by atoms with Crippen molar-refractivity contribution < 1.29 is 0 Å². The van der Waals surface area contributed by atoms with Crippen molar-refractivity contribution in [3.05, 3.63) is 0 Å². The van der Waals surface area contributed by atoms with Crippen molar-refractivity contribution in [1.82, 2.24) is 14.7 Å². The van der Waals surface area contributed by atoms with Gasteiger partial charge in [0.1, 0.15) is 0 Å². The minimum atomic E-state index is 0.952. The van der Waals surface area contributed by atoms with Crippen LogP contribution in [0.3, 0.4) is 0 Å². The number of piperidine rings is 1. The van der Waals surface area contributed by atoms with E-state index in [1.807, 2.05) is 0 Å². The lowest BCUT2D eigenvalue weighted by Crippen LogP contribution is -2.50. The van der Waals surface area contributed by atoms with Crippen molar-refractivity contribution in [2.24, 2.45) is 5.92 Å². The highest BCUT2D eigenvalue weighted by molar-refractivity contribution is 4.74. The highest BCUT2D eigenvalue weighted by Gasteiger charge is 2.20. The molecule has 3 heteroatoms. The van der Waals surface area contributed by atoms with Gasteiger partial charge in [-0.1, -0.05) is 13.8 Å². The quantitative estimate of drug-likeness (QED) is 0.717. The van der Waals surface area contributed by atoms with Gasteiger partial charge in [0.2, 0.25) is 0 Å². The molecular weight excluding hydrogens is 198 g/mol. The van der Waals surface area contributed by atoms with Crippen LogP contribution < -0.4 is 0 Å². The molecule has 0 aromatic carbocycles. The van der Waals surface area contributed by atoms with Gasteiger partial charge in [0.15, 0.2) is 0 Å². The van der Waals surface area contributed by atoms with E-state index in [0.29, 0.717) is 0 Å². The fourth-order valence-electron chi connectivity index (χ4n) is 2.73. The molecule has 2 aliphatic rings. The third kappa shape index (κ3) is 3.44. The molecule has 0 unspecified atom stereocenters. The topological polar surface area (TPSA) is 9.72 Å². The van der Waals surface area contributed by atoms with E-state index in [2.05, 4.69) is 28.5 Å². The molecule has 0 N–H and O–H groups in total. The highest BCUT2D eigenvalue weighted by atomic mass is 15.3. The van der Waals surface area contributed by atoms with Crippen LogP contribution in [-0.2, 0) is 0 Å². The lowest BCUT2D eigenvalue weighted by molar-refractivity contribution is 0.0592. The maximum absolute atomic E-state index is 2.64. The Balaban J connectivity index is 1.66. The van der Waals surface area contributed by atoms with Gasteiger partial charge in [0, 0.05) is 26.2 Å². The van der Waals surface area contributed by atoms with E-state index in [4.69, 9.17) is 0 Å². The fraction of sp³-hybridized carbons (Fsp3) is 1.00. The number of likely N-dealkylation sites (tertiary alicyclic amines) is 1. The van der Waals surface area contributed by atoms with Crippen molar-refractivity contribution in [3.63, 3.8) is 0 Å². The van der Waals surface area contributed by atoms with Crippen molar-refractivity contribution in [2.45, 2.75) is 26.7 Å². The van der Waals surface area contributed by atoms with Crippen LogP contribution in [0.1, 0.15) is 26.7 Å². The molecule has 0 saturated carbocycles. The highest BCUT2D eigenvalue weighted by Crippen LogP contribution is 2.16. The van der Waals surface area contributed by atoms with Crippen LogP contribution in [0.25, 0.3) is 0 Å². The number of piperazine rings is 1. The predicted molar refractivity (Wildman–Crippen MR) is 68.5 cm³/mol. The molecule has 0 amide bonds. The molecule has 16 heavy (non-hydrogen) atoms. The van der Waals surface area contributed by atoms with Crippen LogP contribution >= 0.6 is 0 Å². The van der Waals surface area contributed by atoms with Crippen molar-refractivity contribution in [3.8, 4) is 0 Å². The van der Waals surface area contributed by atoms with Gasteiger partial charge in [-0.2, -0.15) is 0 Å². The number of likely N-dealkylation sites (N-methyl/N-ethyl adjacent to an activating group) is 1. The summed E-state index contributed by atoms with van der Waals surface area (Å²) in [6.45, 7) is 14.8. The zero-order valence-corrected chi connectivity index (χ0v) is 11.0. The Morgan fingerprint density at radius 1 is 0.812 bits per heavy atom. The van der Waals surface area contributed by atoms with E-state index in [-0.39, 0.29) is 0 Å². The summed E-state index contributed by atoms with van der Waals surface area (Å²) in [4.78, 5) is 7.82. The molecule has 0 aliphatic carbocycles. The molecular formula is C13H27N3. The summed E-state index contributed by atoms with van der Waals surface area (Å²) in [6.07, 6.45) is 2.80. The summed E-state index contributed by atoms with van der Waals surface area (Å²) in [5.74, 6) is 0.952. The van der Waals surface area contributed by atoms with E-state index in [0.717, 1.165) is 5.92 Å². The molecule has 94 valence electrons. The summed E-state index contributed by atoms with van der Waals surface area (Å²) >= 11 is 0. The first-order valence-electron chi connectivity index (χ1n) is 6.95. The van der Waals surface area contributed by atoms with Crippen molar-refractivity contribution in [1.29, 1.82) is 0 Å². The molecule has 0 bridgehead atoms. The molecule has 0 aromatic heterocycles. The second-order valence-corrected chi connectivity index (χ2v) is 5.49. The monoisotopic (exact) mass is 225 g/mol. The van der Waals surface area contributed by atoms with E-state index >= 15 is 0 Å². The zero-order chi connectivity index (χ0) is 11.4. The molecule has 2 fully saturated rings. The van der Waals surface area contributed by atoms with E-state index in [1.54, 1.807) is 0 Å². The molecule has 2 heterocycles. The smallest absolute Gasteiger partial charge is 0.0507 e.